The summed E-state index contributed by atoms with van der Waals surface area (Å²) in [7, 11) is 0. The van der Waals surface area contributed by atoms with Crippen LogP contribution in [0.2, 0.25) is 0 Å². The maximum atomic E-state index is 6.54. The van der Waals surface area contributed by atoms with E-state index in [0.717, 1.165) is 27.8 Å². The van der Waals surface area contributed by atoms with Gasteiger partial charge in [0.15, 0.2) is 5.58 Å². The number of hydrogen-bond acceptors (Lipinski definition) is 2. The summed E-state index contributed by atoms with van der Waals surface area (Å²) in [4.78, 5) is 5.08. The van der Waals surface area contributed by atoms with E-state index in [4.69, 9.17) is 9.40 Å². The van der Waals surface area contributed by atoms with Crippen LogP contribution in [0.4, 0.5) is 0 Å². The second-order valence-electron chi connectivity index (χ2n) is 10.2. The van der Waals surface area contributed by atoms with E-state index in [0.29, 0.717) is 0 Å². The zero-order valence-electron chi connectivity index (χ0n) is 19.8. The molecular formula is C31H27NO. The molecule has 2 heteroatoms. The Hall–Kier alpha value is -3.65. The van der Waals surface area contributed by atoms with Gasteiger partial charge in [-0.1, -0.05) is 93.6 Å². The van der Waals surface area contributed by atoms with Crippen molar-refractivity contribution in [3.05, 3.63) is 89.8 Å². The van der Waals surface area contributed by atoms with Crippen molar-refractivity contribution in [3.8, 4) is 11.1 Å². The summed E-state index contributed by atoms with van der Waals surface area (Å²) in [6.07, 6.45) is 0. The second-order valence-corrected chi connectivity index (χ2v) is 10.2. The van der Waals surface area contributed by atoms with Gasteiger partial charge in [-0.25, -0.2) is 4.98 Å². The van der Waals surface area contributed by atoms with Gasteiger partial charge >= 0.3 is 0 Å². The van der Waals surface area contributed by atoms with E-state index in [1.165, 1.54) is 43.8 Å². The van der Waals surface area contributed by atoms with Gasteiger partial charge in [-0.05, 0) is 57.6 Å². The van der Waals surface area contributed by atoms with Crippen LogP contribution >= 0.6 is 0 Å². The molecule has 0 radical (unpaired) electrons. The van der Waals surface area contributed by atoms with E-state index < -0.39 is 0 Å². The van der Waals surface area contributed by atoms with Crippen LogP contribution in [0.15, 0.2) is 77.2 Å². The van der Waals surface area contributed by atoms with Crippen LogP contribution in [-0.4, -0.2) is 4.98 Å². The molecule has 162 valence electrons. The first-order valence-corrected chi connectivity index (χ1v) is 11.6. The molecule has 0 aliphatic rings. The minimum atomic E-state index is -0.174. The average Bonchev–Trinajstić information content (AvgIpc) is 3.25. The van der Waals surface area contributed by atoms with Crippen molar-refractivity contribution in [2.24, 2.45) is 0 Å². The Morgan fingerprint density at radius 2 is 1.36 bits per heavy atom. The molecular weight excluding hydrogens is 402 g/mol. The van der Waals surface area contributed by atoms with Gasteiger partial charge in [-0.15, -0.1) is 0 Å². The topological polar surface area (TPSA) is 26.0 Å². The smallest absolute Gasteiger partial charge is 0.200 e. The molecule has 0 bridgehead atoms. The molecule has 0 unspecified atom stereocenters. The zero-order chi connectivity index (χ0) is 22.9. The number of hydrogen-bond donors (Lipinski definition) is 0. The number of aryl methyl sites for hydroxylation is 2. The lowest BCUT2D eigenvalue weighted by molar-refractivity contribution is 0.412. The van der Waals surface area contributed by atoms with Crippen LogP contribution in [-0.2, 0) is 5.41 Å². The first-order chi connectivity index (χ1) is 15.8. The van der Waals surface area contributed by atoms with Crippen molar-refractivity contribution in [2.75, 3.05) is 0 Å². The first kappa shape index (κ1) is 20.0. The van der Waals surface area contributed by atoms with Crippen molar-refractivity contribution >= 4 is 43.4 Å². The Bertz CT molecular complexity index is 1690. The largest absolute Gasteiger partial charge is 0.439 e. The van der Waals surface area contributed by atoms with Crippen molar-refractivity contribution in [1.82, 2.24) is 4.98 Å². The van der Waals surface area contributed by atoms with E-state index in [1.54, 1.807) is 0 Å². The molecule has 33 heavy (non-hydrogen) atoms. The molecule has 0 amide bonds. The lowest BCUT2D eigenvalue weighted by atomic mass is 9.88. The number of nitrogens with zero attached hydrogens (tertiary/aromatic N) is 1. The van der Waals surface area contributed by atoms with E-state index >= 15 is 0 Å². The van der Waals surface area contributed by atoms with Gasteiger partial charge in [0.25, 0.3) is 0 Å². The molecule has 6 rings (SSSR count). The third-order valence-corrected chi connectivity index (χ3v) is 6.76. The fourth-order valence-electron chi connectivity index (χ4n) is 5.20. The quantitative estimate of drug-likeness (QED) is 0.244. The zero-order valence-corrected chi connectivity index (χ0v) is 19.8. The number of rotatable bonds is 1. The Kier molecular flexibility index (Phi) is 4.19. The summed E-state index contributed by atoms with van der Waals surface area (Å²) < 4.78 is 6.54. The lowest BCUT2D eigenvalue weighted by Gasteiger charge is -2.16. The SMILES string of the molecule is Cc1cccc(C)c1-c1cccc2c3nc(C(C)(C)C)oc3c3c4ccccc4ccc3c12. The van der Waals surface area contributed by atoms with Crippen LogP contribution in [0, 0.1) is 13.8 Å². The summed E-state index contributed by atoms with van der Waals surface area (Å²) in [6, 6.07) is 26.2. The molecule has 0 spiro atoms. The molecule has 2 nitrogen and oxygen atoms in total. The van der Waals surface area contributed by atoms with E-state index in [1.807, 2.05) is 0 Å². The Labute approximate surface area is 193 Å². The van der Waals surface area contributed by atoms with Gasteiger partial charge < -0.3 is 4.42 Å². The summed E-state index contributed by atoms with van der Waals surface area (Å²) in [5.41, 5.74) is 6.79. The third kappa shape index (κ3) is 2.90. The Morgan fingerprint density at radius 3 is 2.12 bits per heavy atom. The molecule has 0 saturated carbocycles. The molecule has 1 aromatic heterocycles. The predicted octanol–water partition coefficient (Wildman–Crippen LogP) is 8.87. The van der Waals surface area contributed by atoms with E-state index in [2.05, 4.69) is 107 Å². The highest BCUT2D eigenvalue weighted by molar-refractivity contribution is 6.31. The first-order valence-electron chi connectivity index (χ1n) is 11.6. The van der Waals surface area contributed by atoms with Crippen LogP contribution in [0.25, 0.3) is 54.5 Å². The minimum Gasteiger partial charge on any atom is -0.439 e. The van der Waals surface area contributed by atoms with Gasteiger partial charge in [-0.3, -0.25) is 0 Å². The van der Waals surface area contributed by atoms with Gasteiger partial charge in [0, 0.05) is 16.2 Å². The molecule has 6 aromatic rings. The van der Waals surface area contributed by atoms with Crippen molar-refractivity contribution in [1.29, 1.82) is 0 Å². The molecule has 0 N–H and O–H groups in total. The highest BCUT2D eigenvalue weighted by Gasteiger charge is 2.25. The monoisotopic (exact) mass is 429 g/mol. The van der Waals surface area contributed by atoms with Crippen LogP contribution in [0.3, 0.4) is 0 Å². The second kappa shape index (κ2) is 6.92. The lowest BCUT2D eigenvalue weighted by Crippen LogP contribution is -2.10. The van der Waals surface area contributed by atoms with Gasteiger partial charge in [0.1, 0.15) is 5.52 Å². The molecule has 0 aliphatic carbocycles. The normalized spacial score (nSPS) is 12.4. The Balaban J connectivity index is 1.92. The van der Waals surface area contributed by atoms with Gasteiger partial charge in [0.05, 0.1) is 0 Å². The highest BCUT2D eigenvalue weighted by Crippen LogP contribution is 2.44. The van der Waals surface area contributed by atoms with Gasteiger partial charge in [-0.2, -0.15) is 0 Å². The molecule has 0 fully saturated rings. The molecule has 0 saturated heterocycles. The number of oxazole rings is 1. The minimum absolute atomic E-state index is 0.174. The summed E-state index contributed by atoms with van der Waals surface area (Å²) >= 11 is 0. The number of fused-ring (bicyclic) bond motifs is 8. The van der Waals surface area contributed by atoms with E-state index in [-0.39, 0.29) is 5.41 Å². The number of aromatic nitrogens is 1. The summed E-state index contributed by atoms with van der Waals surface area (Å²) in [5.74, 6) is 0.775. The van der Waals surface area contributed by atoms with Crippen molar-refractivity contribution in [2.45, 2.75) is 40.0 Å². The standard InChI is InChI=1S/C31H27NO/c1-18-10-8-11-19(2)25(18)22-14-9-15-24-26(22)23-17-16-20-12-6-7-13-21(20)27(23)29-28(24)32-30(33-29)31(3,4)5/h6-17H,1-5H3. The molecule has 0 atom stereocenters. The van der Waals surface area contributed by atoms with Crippen molar-refractivity contribution < 1.29 is 4.42 Å². The maximum Gasteiger partial charge on any atom is 0.200 e. The molecule has 1 heterocycles. The average molecular weight is 430 g/mol. The Morgan fingerprint density at radius 1 is 0.667 bits per heavy atom. The van der Waals surface area contributed by atoms with Crippen LogP contribution in [0.5, 0.6) is 0 Å². The third-order valence-electron chi connectivity index (χ3n) is 6.76. The molecule has 0 aliphatic heterocycles. The summed E-state index contributed by atoms with van der Waals surface area (Å²) in [6.45, 7) is 10.9. The van der Waals surface area contributed by atoms with E-state index in [9.17, 15) is 0 Å². The highest BCUT2D eigenvalue weighted by atomic mass is 16.3. The van der Waals surface area contributed by atoms with Crippen molar-refractivity contribution in [3.63, 3.8) is 0 Å². The van der Waals surface area contributed by atoms with Gasteiger partial charge in [0.2, 0.25) is 5.89 Å². The number of benzene rings is 5. The summed E-state index contributed by atoms with van der Waals surface area (Å²) in [5, 5.41) is 7.17. The van der Waals surface area contributed by atoms with Crippen LogP contribution in [0.1, 0.15) is 37.8 Å². The predicted molar refractivity (Wildman–Crippen MR) is 140 cm³/mol. The fourth-order valence-corrected chi connectivity index (χ4v) is 5.20. The molecule has 5 aromatic carbocycles. The fraction of sp³-hybridized carbons (Fsp3) is 0.194. The maximum absolute atomic E-state index is 6.54. The van der Waals surface area contributed by atoms with Crippen LogP contribution < -0.4 is 0 Å².